The Morgan fingerprint density at radius 3 is 1.16 bits per heavy atom. The fourth-order valence-corrected chi connectivity index (χ4v) is 5.40. The van der Waals surface area contributed by atoms with Crippen LogP contribution in [0.5, 0.6) is 0 Å². The predicted molar refractivity (Wildman–Crippen MR) is 186 cm³/mol. The van der Waals surface area contributed by atoms with E-state index in [4.69, 9.17) is 23.7 Å². The minimum atomic E-state index is -0.0532. The second-order valence-electron chi connectivity index (χ2n) is 12.6. The molecule has 0 saturated heterocycles. The number of carbonyl (C=O) groups is 1. The van der Waals surface area contributed by atoms with Crippen LogP contribution in [0, 0.1) is 5.92 Å². The average molecular weight is 629 g/mol. The quantitative estimate of drug-likeness (QED) is 0.0501. The van der Waals surface area contributed by atoms with E-state index in [1.165, 1.54) is 116 Å². The van der Waals surface area contributed by atoms with Gasteiger partial charge in [-0.3, -0.25) is 4.79 Å². The summed E-state index contributed by atoms with van der Waals surface area (Å²) in [5.74, 6) is -0.0866. The van der Waals surface area contributed by atoms with E-state index >= 15 is 0 Å². The first-order valence-corrected chi connectivity index (χ1v) is 19.2. The zero-order valence-corrected chi connectivity index (χ0v) is 29.9. The fraction of sp³-hybridized carbons (Fsp3) is 0.974. The van der Waals surface area contributed by atoms with Crippen molar-refractivity contribution in [2.24, 2.45) is 5.92 Å². The van der Waals surface area contributed by atoms with Crippen LogP contribution in [0.25, 0.3) is 0 Å². The second kappa shape index (κ2) is 38.5. The van der Waals surface area contributed by atoms with Crippen molar-refractivity contribution in [2.45, 2.75) is 175 Å². The molecule has 0 N–H and O–H groups in total. The van der Waals surface area contributed by atoms with Crippen molar-refractivity contribution in [1.82, 2.24) is 0 Å². The topological polar surface area (TPSA) is 63.2 Å². The first-order chi connectivity index (χ1) is 21.8. The van der Waals surface area contributed by atoms with Crippen molar-refractivity contribution < 1.29 is 28.5 Å². The van der Waals surface area contributed by atoms with Gasteiger partial charge in [-0.2, -0.15) is 0 Å². The molecule has 0 aromatic carbocycles. The summed E-state index contributed by atoms with van der Waals surface area (Å²) in [6.45, 7) is 12.2. The van der Waals surface area contributed by atoms with E-state index in [1.54, 1.807) is 0 Å². The third kappa shape index (κ3) is 34.2. The van der Waals surface area contributed by atoms with Gasteiger partial charge in [0.05, 0.1) is 52.2 Å². The van der Waals surface area contributed by atoms with Gasteiger partial charge >= 0.3 is 5.97 Å². The molecule has 0 amide bonds. The van der Waals surface area contributed by atoms with Crippen LogP contribution in [0.3, 0.4) is 0 Å². The van der Waals surface area contributed by atoms with Gasteiger partial charge in [0.2, 0.25) is 0 Å². The standard InChI is InChI=1S/C38H76O6/c1-4-7-10-13-15-17-18-19-21-24-28-40-31-33-42-35-36-43-34-32-41-30-27-37(26-23-12-9-6-3)38(39)44-29-25-22-20-16-14-11-8-5-2/h37H,4-36H2,1-3H3. The molecule has 0 fully saturated rings. The van der Waals surface area contributed by atoms with Gasteiger partial charge < -0.3 is 23.7 Å². The summed E-state index contributed by atoms with van der Waals surface area (Å²) in [7, 11) is 0. The molecule has 0 aliphatic carbocycles. The van der Waals surface area contributed by atoms with Gasteiger partial charge in [0.25, 0.3) is 0 Å². The molecule has 1 atom stereocenters. The minimum Gasteiger partial charge on any atom is -0.465 e. The maximum Gasteiger partial charge on any atom is 0.309 e. The Labute approximate surface area is 274 Å². The average Bonchev–Trinajstić information content (AvgIpc) is 3.03. The molecule has 1 unspecified atom stereocenters. The summed E-state index contributed by atoms with van der Waals surface area (Å²) < 4.78 is 28.4. The number of carbonyl (C=O) groups excluding carboxylic acids is 1. The summed E-state index contributed by atoms with van der Waals surface area (Å²) in [4.78, 5) is 12.7. The summed E-state index contributed by atoms with van der Waals surface area (Å²) in [6.07, 6.45) is 29.8. The molecule has 44 heavy (non-hydrogen) atoms. The van der Waals surface area contributed by atoms with Crippen molar-refractivity contribution in [1.29, 1.82) is 0 Å². The van der Waals surface area contributed by atoms with Crippen molar-refractivity contribution in [3.63, 3.8) is 0 Å². The molecule has 0 radical (unpaired) electrons. The minimum absolute atomic E-state index is 0.0334. The molecule has 6 nitrogen and oxygen atoms in total. The van der Waals surface area contributed by atoms with Crippen molar-refractivity contribution in [2.75, 3.05) is 59.5 Å². The smallest absolute Gasteiger partial charge is 0.309 e. The molecule has 0 heterocycles. The second-order valence-corrected chi connectivity index (χ2v) is 12.6. The predicted octanol–water partition coefficient (Wildman–Crippen LogP) is 10.6. The molecule has 0 rings (SSSR count). The fourth-order valence-electron chi connectivity index (χ4n) is 5.40. The SMILES string of the molecule is CCCCCCCCCCCCOCCOCCOCCOCCC(CCCCCC)C(=O)OCCCCCCCCCC. The molecule has 0 aliphatic heterocycles. The molecule has 6 heteroatoms. The van der Waals surface area contributed by atoms with Gasteiger partial charge in [0.15, 0.2) is 0 Å². The first-order valence-electron chi connectivity index (χ1n) is 19.2. The number of ether oxygens (including phenoxy) is 5. The maximum absolute atomic E-state index is 12.7. The molecule has 0 aromatic rings. The molecule has 264 valence electrons. The summed E-state index contributed by atoms with van der Waals surface area (Å²) in [5.41, 5.74) is 0. The van der Waals surface area contributed by atoms with E-state index in [9.17, 15) is 4.79 Å². The highest BCUT2D eigenvalue weighted by Gasteiger charge is 2.19. The highest BCUT2D eigenvalue weighted by atomic mass is 16.6. The first kappa shape index (κ1) is 43.3. The Balaban J connectivity index is 3.63. The van der Waals surface area contributed by atoms with Crippen molar-refractivity contribution in [3.8, 4) is 0 Å². The summed E-state index contributed by atoms with van der Waals surface area (Å²) in [6, 6.07) is 0. The van der Waals surface area contributed by atoms with Gasteiger partial charge in [0, 0.05) is 13.2 Å². The molecule has 0 aromatic heterocycles. The Morgan fingerprint density at radius 2 is 0.705 bits per heavy atom. The molecular weight excluding hydrogens is 552 g/mol. The molecule has 0 bridgehead atoms. The van der Waals surface area contributed by atoms with E-state index in [1.807, 2.05) is 0 Å². The summed E-state index contributed by atoms with van der Waals surface area (Å²) >= 11 is 0. The zero-order chi connectivity index (χ0) is 32.0. The molecule has 0 saturated carbocycles. The number of hydrogen-bond donors (Lipinski definition) is 0. The van der Waals surface area contributed by atoms with E-state index in [0.29, 0.717) is 52.9 Å². The lowest BCUT2D eigenvalue weighted by atomic mass is 9.98. The van der Waals surface area contributed by atoms with Crippen LogP contribution in [0.2, 0.25) is 0 Å². The van der Waals surface area contributed by atoms with E-state index in [-0.39, 0.29) is 11.9 Å². The van der Waals surface area contributed by atoms with Gasteiger partial charge in [-0.25, -0.2) is 0 Å². The van der Waals surface area contributed by atoms with E-state index in [2.05, 4.69) is 20.8 Å². The Kier molecular flexibility index (Phi) is 37.9. The maximum atomic E-state index is 12.7. The highest BCUT2D eigenvalue weighted by molar-refractivity contribution is 5.72. The Hall–Kier alpha value is -0.690. The normalized spacial score (nSPS) is 12.2. The number of unbranched alkanes of at least 4 members (excludes halogenated alkanes) is 19. The number of rotatable bonds is 38. The van der Waals surface area contributed by atoms with Gasteiger partial charge in [-0.1, -0.05) is 149 Å². The molecular formula is C38H76O6. The van der Waals surface area contributed by atoms with Crippen LogP contribution < -0.4 is 0 Å². The third-order valence-electron chi connectivity index (χ3n) is 8.35. The summed E-state index contributed by atoms with van der Waals surface area (Å²) in [5, 5.41) is 0. The third-order valence-corrected chi connectivity index (χ3v) is 8.35. The van der Waals surface area contributed by atoms with Crippen LogP contribution >= 0.6 is 0 Å². The lowest BCUT2D eigenvalue weighted by Crippen LogP contribution is -2.21. The van der Waals surface area contributed by atoms with Crippen LogP contribution in [0.1, 0.15) is 175 Å². The number of hydrogen-bond acceptors (Lipinski definition) is 6. The van der Waals surface area contributed by atoms with Gasteiger partial charge in [-0.15, -0.1) is 0 Å². The molecule has 0 spiro atoms. The van der Waals surface area contributed by atoms with Crippen LogP contribution in [-0.2, 0) is 28.5 Å². The Bertz CT molecular complexity index is 543. The Morgan fingerprint density at radius 1 is 0.364 bits per heavy atom. The van der Waals surface area contributed by atoms with Crippen LogP contribution in [0.4, 0.5) is 0 Å². The lowest BCUT2D eigenvalue weighted by molar-refractivity contribution is -0.149. The zero-order valence-electron chi connectivity index (χ0n) is 29.9. The van der Waals surface area contributed by atoms with Gasteiger partial charge in [0.1, 0.15) is 0 Å². The largest absolute Gasteiger partial charge is 0.465 e. The van der Waals surface area contributed by atoms with Crippen molar-refractivity contribution in [3.05, 3.63) is 0 Å². The van der Waals surface area contributed by atoms with Crippen LogP contribution in [0.15, 0.2) is 0 Å². The monoisotopic (exact) mass is 629 g/mol. The lowest BCUT2D eigenvalue weighted by Gasteiger charge is -2.16. The number of esters is 1. The van der Waals surface area contributed by atoms with Gasteiger partial charge in [-0.05, 0) is 25.7 Å². The van der Waals surface area contributed by atoms with E-state index in [0.717, 1.165) is 45.1 Å². The molecule has 0 aliphatic rings. The highest BCUT2D eigenvalue weighted by Crippen LogP contribution is 2.17. The van der Waals surface area contributed by atoms with Crippen LogP contribution in [-0.4, -0.2) is 65.4 Å². The van der Waals surface area contributed by atoms with Crippen molar-refractivity contribution >= 4 is 5.97 Å². The van der Waals surface area contributed by atoms with E-state index < -0.39 is 0 Å².